The van der Waals surface area contributed by atoms with E-state index in [1.54, 1.807) is 6.92 Å². The van der Waals surface area contributed by atoms with Crippen molar-refractivity contribution in [3.05, 3.63) is 12.2 Å². The Morgan fingerprint density at radius 1 is 1.26 bits per heavy atom. The molecule has 4 atom stereocenters. The van der Waals surface area contributed by atoms with Crippen molar-refractivity contribution in [1.82, 2.24) is 0 Å². The first-order valence-electron chi connectivity index (χ1n) is 7.29. The molecule has 0 spiro atoms. The fourth-order valence-corrected chi connectivity index (χ4v) is 4.80. The molecule has 4 aliphatic rings. The second kappa shape index (κ2) is 3.94. The summed E-state index contributed by atoms with van der Waals surface area (Å²) in [6.45, 7) is 9.53. The Hall–Kier alpha value is -1.12. The minimum absolute atomic E-state index is 0.103. The van der Waals surface area contributed by atoms with Crippen LogP contribution in [0.25, 0.3) is 0 Å². The van der Waals surface area contributed by atoms with Gasteiger partial charge in [0.1, 0.15) is 11.4 Å². The maximum atomic E-state index is 12.4. The third-order valence-corrected chi connectivity index (χ3v) is 5.89. The van der Waals surface area contributed by atoms with Crippen molar-refractivity contribution in [3.63, 3.8) is 0 Å². The molecular formula is C16H22O3. The van der Waals surface area contributed by atoms with Crippen molar-refractivity contribution in [3.8, 4) is 0 Å². The van der Waals surface area contributed by atoms with E-state index in [0.29, 0.717) is 17.3 Å². The predicted octanol–water partition coefficient (Wildman–Crippen LogP) is 2.75. The van der Waals surface area contributed by atoms with Gasteiger partial charge in [-0.2, -0.15) is 0 Å². The van der Waals surface area contributed by atoms with Gasteiger partial charge in [0.15, 0.2) is 0 Å². The van der Waals surface area contributed by atoms with Crippen molar-refractivity contribution in [2.45, 2.75) is 45.6 Å². The molecule has 0 amide bonds. The molecule has 0 saturated heterocycles. The Labute approximate surface area is 114 Å². The number of Topliss-reactive ketones (excluding diaryl/α,β-unsaturated/α-hetero) is 1. The third-order valence-electron chi connectivity index (χ3n) is 5.89. The van der Waals surface area contributed by atoms with Gasteiger partial charge in [-0.05, 0) is 32.1 Å². The normalized spacial score (nSPS) is 47.3. The zero-order valence-electron chi connectivity index (χ0n) is 11.9. The molecule has 4 aliphatic carbocycles. The highest BCUT2D eigenvalue weighted by Gasteiger charge is 2.65. The van der Waals surface area contributed by atoms with Crippen LogP contribution in [0, 0.1) is 29.6 Å². The summed E-state index contributed by atoms with van der Waals surface area (Å²) in [5.41, 5.74) is 0.0157. The molecule has 19 heavy (non-hydrogen) atoms. The quantitative estimate of drug-likeness (QED) is 0.567. The second-order valence-corrected chi connectivity index (χ2v) is 6.86. The minimum Gasteiger partial charge on any atom is -0.455 e. The Morgan fingerprint density at radius 3 is 2.26 bits per heavy atom. The third kappa shape index (κ3) is 1.56. The Bertz CT molecular complexity index is 443. The Morgan fingerprint density at radius 2 is 1.79 bits per heavy atom. The summed E-state index contributed by atoms with van der Waals surface area (Å²) in [4.78, 5) is 24.4. The van der Waals surface area contributed by atoms with Gasteiger partial charge in [-0.1, -0.05) is 20.4 Å². The molecule has 4 fully saturated rings. The molecule has 3 nitrogen and oxygen atoms in total. The van der Waals surface area contributed by atoms with E-state index < -0.39 is 5.60 Å². The molecule has 4 rings (SSSR count). The van der Waals surface area contributed by atoms with Crippen molar-refractivity contribution in [2.75, 3.05) is 0 Å². The van der Waals surface area contributed by atoms with Crippen LogP contribution in [-0.2, 0) is 14.3 Å². The molecule has 0 radical (unpaired) electrons. The van der Waals surface area contributed by atoms with Crippen molar-refractivity contribution >= 4 is 11.8 Å². The summed E-state index contributed by atoms with van der Waals surface area (Å²) in [5, 5.41) is 0. The van der Waals surface area contributed by atoms with Gasteiger partial charge in [-0.15, -0.1) is 0 Å². The maximum Gasteiger partial charge on any atom is 0.333 e. The van der Waals surface area contributed by atoms with Gasteiger partial charge in [0.25, 0.3) is 0 Å². The largest absolute Gasteiger partial charge is 0.455 e. The van der Waals surface area contributed by atoms with Crippen molar-refractivity contribution in [1.29, 1.82) is 0 Å². The van der Waals surface area contributed by atoms with Crippen LogP contribution in [0.15, 0.2) is 12.2 Å². The van der Waals surface area contributed by atoms with Gasteiger partial charge in [0.05, 0.1) is 0 Å². The van der Waals surface area contributed by atoms with E-state index >= 15 is 0 Å². The lowest BCUT2D eigenvalue weighted by atomic mass is 9.46. The second-order valence-electron chi connectivity index (χ2n) is 6.86. The minimum atomic E-state index is -0.430. The van der Waals surface area contributed by atoms with E-state index in [-0.39, 0.29) is 29.6 Å². The fourth-order valence-electron chi connectivity index (χ4n) is 4.80. The van der Waals surface area contributed by atoms with E-state index in [1.807, 2.05) is 0 Å². The summed E-state index contributed by atoms with van der Waals surface area (Å²) < 4.78 is 5.89. The van der Waals surface area contributed by atoms with Crippen LogP contribution in [0.4, 0.5) is 0 Å². The summed E-state index contributed by atoms with van der Waals surface area (Å²) in [6, 6.07) is 0. The molecular weight excluding hydrogens is 240 g/mol. The van der Waals surface area contributed by atoms with Crippen LogP contribution >= 0.6 is 0 Å². The number of hydrogen-bond donors (Lipinski definition) is 0. The highest BCUT2D eigenvalue weighted by atomic mass is 16.6. The first-order valence-corrected chi connectivity index (χ1v) is 7.29. The number of rotatable bonds is 2. The molecule has 0 aromatic carbocycles. The molecule has 0 aromatic heterocycles. The van der Waals surface area contributed by atoms with Crippen LogP contribution in [0.3, 0.4) is 0 Å². The number of ether oxygens (including phenoxy) is 1. The average molecular weight is 262 g/mol. The lowest BCUT2D eigenvalue weighted by Gasteiger charge is -2.61. The molecule has 0 N–H and O–H groups in total. The predicted molar refractivity (Wildman–Crippen MR) is 71.3 cm³/mol. The van der Waals surface area contributed by atoms with Gasteiger partial charge >= 0.3 is 5.97 Å². The highest BCUT2D eigenvalue weighted by Crippen LogP contribution is 2.60. The standard InChI is InChI=1S/C16H22O3/c1-8(2)15(18)19-16-7-11-5-12(9(16)3)14(17)13(6-11)10(16)4/h9-13H,1,5-7H2,2-4H3. The van der Waals surface area contributed by atoms with E-state index in [2.05, 4.69) is 20.4 Å². The number of hydrogen-bond acceptors (Lipinski definition) is 3. The number of carbonyl (C=O) groups excluding carboxylic acids is 2. The van der Waals surface area contributed by atoms with E-state index in [1.165, 1.54) is 0 Å². The molecule has 0 heterocycles. The fraction of sp³-hybridized carbons (Fsp3) is 0.750. The zero-order valence-corrected chi connectivity index (χ0v) is 11.9. The lowest BCUT2D eigenvalue weighted by molar-refractivity contribution is -0.220. The van der Waals surface area contributed by atoms with Crippen molar-refractivity contribution in [2.24, 2.45) is 29.6 Å². The zero-order chi connectivity index (χ0) is 13.9. The number of esters is 1. The van der Waals surface area contributed by atoms with Gasteiger partial charge in [-0.25, -0.2) is 4.79 Å². The Balaban J connectivity index is 1.97. The van der Waals surface area contributed by atoms with Crippen LogP contribution in [-0.4, -0.2) is 17.4 Å². The van der Waals surface area contributed by atoms with Crippen molar-refractivity contribution < 1.29 is 14.3 Å². The molecule has 4 unspecified atom stereocenters. The number of carbonyl (C=O) groups is 2. The molecule has 4 bridgehead atoms. The van der Waals surface area contributed by atoms with Crippen LogP contribution in [0.1, 0.15) is 40.0 Å². The molecule has 104 valence electrons. The molecule has 0 aliphatic heterocycles. The summed E-state index contributed by atoms with van der Waals surface area (Å²) in [5.74, 6) is 1.17. The Kier molecular flexibility index (Phi) is 2.67. The summed E-state index contributed by atoms with van der Waals surface area (Å²) in [6.07, 6.45) is 2.92. The molecule has 4 saturated carbocycles. The monoisotopic (exact) mass is 262 g/mol. The van der Waals surface area contributed by atoms with Gasteiger partial charge in [-0.3, -0.25) is 4.79 Å². The van der Waals surface area contributed by atoms with Gasteiger partial charge in [0, 0.05) is 29.2 Å². The first kappa shape index (κ1) is 12.9. The van der Waals surface area contributed by atoms with E-state index in [4.69, 9.17) is 4.74 Å². The van der Waals surface area contributed by atoms with E-state index in [9.17, 15) is 9.59 Å². The van der Waals surface area contributed by atoms with Crippen LogP contribution in [0.5, 0.6) is 0 Å². The van der Waals surface area contributed by atoms with Gasteiger partial charge < -0.3 is 4.74 Å². The summed E-state index contributed by atoms with van der Waals surface area (Å²) >= 11 is 0. The first-order chi connectivity index (χ1) is 8.86. The number of ketones is 1. The lowest BCUT2D eigenvalue weighted by Crippen LogP contribution is -2.66. The topological polar surface area (TPSA) is 43.4 Å². The molecule has 3 heteroatoms. The average Bonchev–Trinajstić information content (AvgIpc) is 2.36. The SMILES string of the molecule is C=C(C)C(=O)OC12CC3CC(C(=O)C(C3)C1C)C2C. The molecule has 0 aromatic rings. The van der Waals surface area contributed by atoms with Crippen LogP contribution in [0.2, 0.25) is 0 Å². The highest BCUT2D eigenvalue weighted by molar-refractivity contribution is 5.89. The maximum absolute atomic E-state index is 12.4. The van der Waals surface area contributed by atoms with Crippen LogP contribution < -0.4 is 0 Å². The van der Waals surface area contributed by atoms with E-state index in [0.717, 1.165) is 19.3 Å². The smallest absolute Gasteiger partial charge is 0.333 e. The summed E-state index contributed by atoms with van der Waals surface area (Å²) in [7, 11) is 0. The van der Waals surface area contributed by atoms with Gasteiger partial charge in [0.2, 0.25) is 0 Å².